The number of aromatic nitrogens is 1. The Morgan fingerprint density at radius 2 is 1.86 bits per heavy atom. The summed E-state index contributed by atoms with van der Waals surface area (Å²) in [6.07, 6.45) is 6.43. The lowest BCUT2D eigenvalue weighted by atomic mass is 9.99. The third-order valence-corrected chi connectivity index (χ3v) is 7.12. The van der Waals surface area contributed by atoms with Gasteiger partial charge in [0.1, 0.15) is 16.7 Å². The van der Waals surface area contributed by atoms with Crippen LogP contribution in [-0.2, 0) is 4.79 Å². The molecule has 0 radical (unpaired) electrons. The molecule has 0 saturated heterocycles. The Morgan fingerprint density at radius 3 is 2.42 bits per heavy atom. The van der Waals surface area contributed by atoms with Gasteiger partial charge in [-0.2, -0.15) is 4.37 Å². The molecule has 0 aliphatic heterocycles. The van der Waals surface area contributed by atoms with Crippen molar-refractivity contribution in [1.29, 1.82) is 0 Å². The molecular formula is C26H37N5O4S. The van der Waals surface area contributed by atoms with E-state index >= 15 is 0 Å². The highest BCUT2D eigenvalue weighted by atomic mass is 32.1. The van der Waals surface area contributed by atoms with E-state index in [0.29, 0.717) is 24.5 Å². The molecule has 1 fully saturated rings. The van der Waals surface area contributed by atoms with Crippen molar-refractivity contribution in [3.05, 3.63) is 34.8 Å². The fourth-order valence-electron chi connectivity index (χ4n) is 4.36. The lowest BCUT2D eigenvalue weighted by molar-refractivity contribution is -0.123. The highest BCUT2D eigenvalue weighted by Crippen LogP contribution is 2.31. The highest BCUT2D eigenvalue weighted by molar-refractivity contribution is 7.09. The fraction of sp³-hybridized carbons (Fsp3) is 0.538. The van der Waals surface area contributed by atoms with Gasteiger partial charge in [-0.25, -0.2) is 0 Å². The van der Waals surface area contributed by atoms with Gasteiger partial charge >= 0.3 is 0 Å². The van der Waals surface area contributed by atoms with E-state index in [-0.39, 0.29) is 34.1 Å². The van der Waals surface area contributed by atoms with Gasteiger partial charge in [0.2, 0.25) is 5.91 Å². The number of rotatable bonds is 12. The number of nitrogen functional groups attached to an aromatic ring is 1. The van der Waals surface area contributed by atoms with Crippen LogP contribution in [0.2, 0.25) is 0 Å². The second kappa shape index (κ2) is 12.7. The number of anilines is 2. The summed E-state index contributed by atoms with van der Waals surface area (Å²) >= 11 is 0.810. The number of ether oxygens (including phenoxy) is 1. The van der Waals surface area contributed by atoms with E-state index in [1.165, 1.54) is 4.90 Å². The van der Waals surface area contributed by atoms with Crippen LogP contribution in [0.25, 0.3) is 0 Å². The quantitative estimate of drug-likeness (QED) is 0.363. The molecule has 10 heteroatoms. The summed E-state index contributed by atoms with van der Waals surface area (Å²) in [5, 5.41) is 3.15. The maximum absolute atomic E-state index is 13.9. The summed E-state index contributed by atoms with van der Waals surface area (Å²) in [5.41, 5.74) is 11.8. The Balaban J connectivity index is 2.00. The van der Waals surface area contributed by atoms with Gasteiger partial charge in [-0.1, -0.05) is 40.0 Å². The van der Waals surface area contributed by atoms with Gasteiger partial charge in [-0.3, -0.25) is 19.3 Å². The molecule has 1 heterocycles. The zero-order chi connectivity index (χ0) is 26.2. The molecule has 0 spiro atoms. The summed E-state index contributed by atoms with van der Waals surface area (Å²) in [5.74, 6) is -0.685. The number of amides is 3. The maximum Gasteiger partial charge on any atom is 0.272 e. The standard InChI is InChI=1S/C26H37N5O4S/c1-4-5-14-35-19-12-10-18(11-13-19)31(26(34)23-21(27)22(24(28)32)30-36-23)20(15-16(2)3)25(33)29-17-8-6-7-9-17/h10-13,16-17,20H,4-9,14-15,27H2,1-3H3,(H2,28,32)(H,29,33)/t20-/m0/s1. The Hall–Kier alpha value is -3.14. The van der Waals surface area contributed by atoms with Crippen molar-refractivity contribution in [2.45, 2.75) is 77.8 Å². The number of carbonyl (C=O) groups excluding carboxylic acids is 3. The predicted molar refractivity (Wildman–Crippen MR) is 142 cm³/mol. The number of carbonyl (C=O) groups is 3. The molecule has 0 bridgehead atoms. The molecular weight excluding hydrogens is 478 g/mol. The van der Waals surface area contributed by atoms with E-state index in [0.717, 1.165) is 50.1 Å². The number of nitrogens with zero attached hydrogens (tertiary/aromatic N) is 2. The lowest BCUT2D eigenvalue weighted by Crippen LogP contribution is -2.52. The van der Waals surface area contributed by atoms with Gasteiger partial charge < -0.3 is 21.5 Å². The van der Waals surface area contributed by atoms with E-state index in [4.69, 9.17) is 16.2 Å². The molecule has 1 aromatic heterocycles. The van der Waals surface area contributed by atoms with Crippen molar-refractivity contribution in [3.8, 4) is 5.75 Å². The van der Waals surface area contributed by atoms with Gasteiger partial charge in [0.15, 0.2) is 5.69 Å². The van der Waals surface area contributed by atoms with Crippen molar-refractivity contribution in [3.63, 3.8) is 0 Å². The number of nitrogens with one attached hydrogen (secondary N) is 1. The normalized spacial score (nSPS) is 14.6. The minimum absolute atomic E-state index is 0.0680. The number of benzene rings is 1. The maximum atomic E-state index is 13.9. The first-order valence-electron chi connectivity index (χ1n) is 12.6. The second-order valence-corrected chi connectivity index (χ2v) is 10.4. The van der Waals surface area contributed by atoms with Crippen LogP contribution in [-0.4, -0.2) is 40.8 Å². The molecule has 2 aromatic rings. The van der Waals surface area contributed by atoms with Crippen LogP contribution in [0.15, 0.2) is 24.3 Å². The average molecular weight is 516 g/mol. The predicted octanol–water partition coefficient (Wildman–Crippen LogP) is 4.12. The van der Waals surface area contributed by atoms with Crippen LogP contribution >= 0.6 is 11.5 Å². The first-order valence-corrected chi connectivity index (χ1v) is 13.4. The number of hydrogen-bond acceptors (Lipinski definition) is 7. The number of unbranched alkanes of at least 4 members (excludes halogenated alkanes) is 1. The molecule has 0 unspecified atom stereocenters. The lowest BCUT2D eigenvalue weighted by Gasteiger charge is -2.33. The third-order valence-electron chi connectivity index (χ3n) is 6.27. The summed E-state index contributed by atoms with van der Waals surface area (Å²) in [6, 6.07) is 6.44. The molecule has 1 aliphatic rings. The van der Waals surface area contributed by atoms with Crippen LogP contribution in [0.3, 0.4) is 0 Å². The first kappa shape index (κ1) is 27.4. The Kier molecular flexibility index (Phi) is 9.69. The summed E-state index contributed by atoms with van der Waals surface area (Å²) < 4.78 is 9.76. The van der Waals surface area contributed by atoms with Crippen molar-refractivity contribution < 1.29 is 19.1 Å². The number of primary amides is 1. The number of nitrogens with two attached hydrogens (primary N) is 2. The van der Waals surface area contributed by atoms with Gasteiger partial charge in [-0.05, 0) is 67.4 Å². The van der Waals surface area contributed by atoms with E-state index in [1.54, 1.807) is 24.3 Å². The first-order chi connectivity index (χ1) is 17.2. The van der Waals surface area contributed by atoms with Gasteiger partial charge in [0.25, 0.3) is 11.8 Å². The SMILES string of the molecule is CCCCOc1ccc(N(C(=O)c2snc(C(N)=O)c2N)[C@@H](CC(C)C)C(=O)NC2CCCC2)cc1. The van der Waals surface area contributed by atoms with Crippen LogP contribution in [0, 0.1) is 5.92 Å². The minimum atomic E-state index is -0.805. The third kappa shape index (κ3) is 6.75. The topological polar surface area (TPSA) is 141 Å². The molecule has 36 heavy (non-hydrogen) atoms. The van der Waals surface area contributed by atoms with Crippen LogP contribution in [0.4, 0.5) is 11.4 Å². The van der Waals surface area contributed by atoms with Crippen molar-refractivity contribution in [2.24, 2.45) is 11.7 Å². The summed E-state index contributed by atoms with van der Waals surface area (Å²) in [4.78, 5) is 40.7. The zero-order valence-corrected chi connectivity index (χ0v) is 22.1. The number of hydrogen-bond donors (Lipinski definition) is 3. The Labute approximate surface area is 216 Å². The molecule has 3 amide bonds. The van der Waals surface area contributed by atoms with E-state index in [9.17, 15) is 14.4 Å². The molecule has 1 saturated carbocycles. The van der Waals surface area contributed by atoms with Gasteiger partial charge in [0, 0.05) is 11.7 Å². The van der Waals surface area contributed by atoms with Crippen molar-refractivity contribution in [1.82, 2.24) is 9.69 Å². The fourth-order valence-corrected chi connectivity index (χ4v) is 5.10. The summed E-state index contributed by atoms with van der Waals surface area (Å²) in [6.45, 7) is 6.71. The van der Waals surface area contributed by atoms with Crippen LogP contribution in [0.5, 0.6) is 5.75 Å². The van der Waals surface area contributed by atoms with Crippen LogP contribution in [0.1, 0.15) is 85.9 Å². The molecule has 196 valence electrons. The Morgan fingerprint density at radius 1 is 1.19 bits per heavy atom. The molecule has 1 aromatic carbocycles. The molecule has 5 N–H and O–H groups in total. The zero-order valence-electron chi connectivity index (χ0n) is 21.3. The average Bonchev–Trinajstić information content (AvgIpc) is 3.49. The van der Waals surface area contributed by atoms with Crippen LogP contribution < -0.4 is 26.4 Å². The molecule has 1 atom stereocenters. The van der Waals surface area contributed by atoms with E-state index < -0.39 is 17.9 Å². The van der Waals surface area contributed by atoms with E-state index in [1.807, 2.05) is 13.8 Å². The Bertz CT molecular complexity index is 1050. The van der Waals surface area contributed by atoms with Crippen molar-refractivity contribution in [2.75, 3.05) is 17.2 Å². The van der Waals surface area contributed by atoms with E-state index in [2.05, 4.69) is 16.6 Å². The minimum Gasteiger partial charge on any atom is -0.494 e. The molecule has 3 rings (SSSR count). The smallest absolute Gasteiger partial charge is 0.272 e. The monoisotopic (exact) mass is 515 g/mol. The summed E-state index contributed by atoms with van der Waals surface area (Å²) in [7, 11) is 0. The van der Waals surface area contributed by atoms with Crippen molar-refractivity contribution >= 4 is 40.6 Å². The molecule has 9 nitrogen and oxygen atoms in total. The largest absolute Gasteiger partial charge is 0.494 e. The highest BCUT2D eigenvalue weighted by Gasteiger charge is 2.36. The van der Waals surface area contributed by atoms with Gasteiger partial charge in [0.05, 0.1) is 12.3 Å². The second-order valence-electron chi connectivity index (χ2n) is 9.64. The molecule has 1 aliphatic carbocycles. The van der Waals surface area contributed by atoms with Gasteiger partial charge in [-0.15, -0.1) is 0 Å².